The summed E-state index contributed by atoms with van der Waals surface area (Å²) in [6.45, 7) is 1.51. The number of carbonyl (C=O) groups excluding carboxylic acids is 2. The number of nitrogens with two attached hydrogens (primary N) is 1. The van der Waals surface area contributed by atoms with Gasteiger partial charge in [-0.2, -0.15) is 0 Å². The van der Waals surface area contributed by atoms with Crippen molar-refractivity contribution in [2.75, 3.05) is 0 Å². The second-order valence-corrected chi connectivity index (χ2v) is 3.87. The molecule has 0 unspecified atom stereocenters. The molecular weight excluding hydrogens is 198 g/mol. The third-order valence-corrected chi connectivity index (χ3v) is 2.76. The van der Waals surface area contributed by atoms with Crippen LogP contribution in [0.2, 0.25) is 0 Å². The van der Waals surface area contributed by atoms with Gasteiger partial charge < -0.3 is 10.4 Å². The normalized spacial score (nSPS) is 19.9. The van der Waals surface area contributed by atoms with Gasteiger partial charge >= 0.3 is 0 Å². The molecule has 1 fully saturated rings. The number of carbonyl (C=O) groups is 2. The predicted octanol–water partition coefficient (Wildman–Crippen LogP) is -1.36. The van der Waals surface area contributed by atoms with Crippen LogP contribution >= 0.6 is 0 Å². The lowest BCUT2D eigenvalue weighted by molar-refractivity contribution is -0.137. The molecule has 0 radical (unpaired) electrons. The van der Waals surface area contributed by atoms with Crippen LogP contribution in [0.4, 0.5) is 0 Å². The molecule has 0 aromatic rings. The van der Waals surface area contributed by atoms with Crippen molar-refractivity contribution >= 4 is 11.8 Å². The quantitative estimate of drug-likeness (QED) is 0.264. The Morgan fingerprint density at radius 1 is 1.40 bits per heavy atom. The highest BCUT2D eigenvalue weighted by atomic mass is 16.3. The average Bonchev–Trinajstić information content (AvgIpc) is 2.13. The highest BCUT2D eigenvalue weighted by molar-refractivity contribution is 5.88. The molecule has 1 saturated carbocycles. The van der Waals surface area contributed by atoms with E-state index in [0.29, 0.717) is 0 Å². The Kier molecular flexibility index (Phi) is 4.05. The van der Waals surface area contributed by atoms with Gasteiger partial charge in [-0.3, -0.25) is 15.0 Å². The molecule has 15 heavy (non-hydrogen) atoms. The Hall–Kier alpha value is -1.14. The van der Waals surface area contributed by atoms with Crippen molar-refractivity contribution in [1.82, 2.24) is 10.7 Å². The van der Waals surface area contributed by atoms with E-state index < -0.39 is 24.0 Å². The van der Waals surface area contributed by atoms with Gasteiger partial charge in [-0.25, -0.2) is 5.84 Å². The minimum absolute atomic E-state index is 0.0399. The molecule has 1 aliphatic carbocycles. The third kappa shape index (κ3) is 2.90. The van der Waals surface area contributed by atoms with Gasteiger partial charge in [0.1, 0.15) is 12.1 Å². The second kappa shape index (κ2) is 5.09. The lowest BCUT2D eigenvalue weighted by atomic mass is 9.81. The number of aliphatic hydroxyl groups is 1. The second-order valence-electron chi connectivity index (χ2n) is 3.87. The highest BCUT2D eigenvalue weighted by Gasteiger charge is 2.31. The molecule has 0 bridgehead atoms. The molecule has 1 rings (SSSR count). The van der Waals surface area contributed by atoms with Gasteiger partial charge in [-0.05, 0) is 25.7 Å². The van der Waals surface area contributed by atoms with Crippen molar-refractivity contribution in [3.8, 4) is 0 Å². The molecular formula is C9H17N3O3. The molecule has 0 aromatic carbocycles. The molecule has 5 N–H and O–H groups in total. The van der Waals surface area contributed by atoms with Crippen LogP contribution in [0.15, 0.2) is 0 Å². The molecule has 0 heterocycles. The van der Waals surface area contributed by atoms with Gasteiger partial charge in [0.15, 0.2) is 0 Å². The molecule has 0 saturated heterocycles. The van der Waals surface area contributed by atoms with Gasteiger partial charge in [0.2, 0.25) is 5.91 Å². The summed E-state index contributed by atoms with van der Waals surface area (Å²) in [4.78, 5) is 22.4. The summed E-state index contributed by atoms with van der Waals surface area (Å²) in [6, 6.07) is -0.725. The maximum atomic E-state index is 11.4. The van der Waals surface area contributed by atoms with Crippen LogP contribution in [0.25, 0.3) is 0 Å². The minimum Gasteiger partial charge on any atom is -0.383 e. The summed E-state index contributed by atoms with van der Waals surface area (Å²) in [6.07, 6.45) is 1.78. The molecule has 0 aliphatic heterocycles. The molecule has 86 valence electrons. The van der Waals surface area contributed by atoms with Crippen LogP contribution in [-0.2, 0) is 9.59 Å². The molecule has 0 spiro atoms. The summed E-state index contributed by atoms with van der Waals surface area (Å²) < 4.78 is 0. The van der Waals surface area contributed by atoms with E-state index >= 15 is 0 Å². The van der Waals surface area contributed by atoms with E-state index in [1.165, 1.54) is 6.92 Å². The van der Waals surface area contributed by atoms with E-state index in [9.17, 15) is 14.7 Å². The minimum atomic E-state index is -1.01. The standard InChI is InChI=1S/C9H17N3O3/c1-5(8(14)12-10)11-9(15)7(13)6-3-2-4-6/h5-7,13H,2-4,10H2,1H3,(H,11,15)(H,12,14)/t5-,7-/m0/s1. The summed E-state index contributed by atoms with van der Waals surface area (Å²) >= 11 is 0. The van der Waals surface area contributed by atoms with Gasteiger partial charge in [0.25, 0.3) is 5.91 Å². The van der Waals surface area contributed by atoms with E-state index in [2.05, 4.69) is 5.32 Å². The first-order valence-electron chi connectivity index (χ1n) is 5.05. The van der Waals surface area contributed by atoms with Crippen molar-refractivity contribution in [3.63, 3.8) is 0 Å². The predicted molar refractivity (Wildman–Crippen MR) is 53.3 cm³/mol. The Labute approximate surface area is 88.2 Å². The lowest BCUT2D eigenvalue weighted by Gasteiger charge is -2.29. The van der Waals surface area contributed by atoms with Crippen LogP contribution in [0.3, 0.4) is 0 Å². The lowest BCUT2D eigenvalue weighted by Crippen LogP contribution is -2.51. The first kappa shape index (κ1) is 11.9. The molecule has 6 heteroatoms. The summed E-state index contributed by atoms with van der Waals surface area (Å²) in [5.74, 6) is 3.96. The van der Waals surface area contributed by atoms with Crippen molar-refractivity contribution < 1.29 is 14.7 Å². The van der Waals surface area contributed by atoms with Crippen LogP contribution in [0.1, 0.15) is 26.2 Å². The zero-order valence-corrected chi connectivity index (χ0v) is 8.69. The number of nitrogens with one attached hydrogen (secondary N) is 2. The van der Waals surface area contributed by atoms with Gasteiger partial charge in [0, 0.05) is 0 Å². The van der Waals surface area contributed by atoms with Crippen molar-refractivity contribution in [1.29, 1.82) is 0 Å². The van der Waals surface area contributed by atoms with E-state index in [0.717, 1.165) is 19.3 Å². The average molecular weight is 215 g/mol. The number of hydrazine groups is 1. The Balaban J connectivity index is 2.36. The van der Waals surface area contributed by atoms with E-state index in [1.54, 1.807) is 0 Å². The Morgan fingerprint density at radius 3 is 2.40 bits per heavy atom. The van der Waals surface area contributed by atoms with E-state index in [1.807, 2.05) is 5.43 Å². The fourth-order valence-corrected chi connectivity index (χ4v) is 1.46. The first-order valence-corrected chi connectivity index (χ1v) is 5.05. The number of hydrogen-bond donors (Lipinski definition) is 4. The number of amides is 2. The van der Waals surface area contributed by atoms with Crippen LogP contribution in [0.5, 0.6) is 0 Å². The summed E-state index contributed by atoms with van der Waals surface area (Å²) in [5, 5.41) is 12.0. The monoisotopic (exact) mass is 215 g/mol. The third-order valence-electron chi connectivity index (χ3n) is 2.76. The highest BCUT2D eigenvalue weighted by Crippen LogP contribution is 2.29. The zero-order chi connectivity index (χ0) is 11.4. The van der Waals surface area contributed by atoms with Gasteiger partial charge in [0.05, 0.1) is 0 Å². The van der Waals surface area contributed by atoms with Crippen molar-refractivity contribution in [2.45, 2.75) is 38.3 Å². The maximum Gasteiger partial charge on any atom is 0.256 e. The Morgan fingerprint density at radius 2 is 2.00 bits per heavy atom. The molecule has 6 nitrogen and oxygen atoms in total. The molecule has 0 aromatic heterocycles. The summed E-state index contributed by atoms with van der Waals surface area (Å²) in [5.41, 5.74) is 1.93. The van der Waals surface area contributed by atoms with E-state index in [4.69, 9.17) is 5.84 Å². The fourth-order valence-electron chi connectivity index (χ4n) is 1.46. The zero-order valence-electron chi connectivity index (χ0n) is 8.69. The van der Waals surface area contributed by atoms with Crippen LogP contribution < -0.4 is 16.6 Å². The van der Waals surface area contributed by atoms with Gasteiger partial charge in [-0.1, -0.05) is 6.42 Å². The van der Waals surface area contributed by atoms with Crippen LogP contribution in [-0.4, -0.2) is 29.1 Å². The molecule has 1 aliphatic rings. The molecule has 2 amide bonds. The van der Waals surface area contributed by atoms with Crippen LogP contribution in [0, 0.1) is 5.92 Å². The topological polar surface area (TPSA) is 104 Å². The first-order chi connectivity index (χ1) is 7.06. The van der Waals surface area contributed by atoms with Gasteiger partial charge in [-0.15, -0.1) is 0 Å². The number of aliphatic hydroxyl groups excluding tert-OH is 1. The van der Waals surface area contributed by atoms with Crippen molar-refractivity contribution in [3.05, 3.63) is 0 Å². The number of hydrogen-bond acceptors (Lipinski definition) is 4. The maximum absolute atomic E-state index is 11.4. The van der Waals surface area contributed by atoms with E-state index in [-0.39, 0.29) is 5.92 Å². The largest absolute Gasteiger partial charge is 0.383 e. The Bertz CT molecular complexity index is 253. The number of rotatable bonds is 4. The smallest absolute Gasteiger partial charge is 0.256 e. The summed E-state index contributed by atoms with van der Waals surface area (Å²) in [7, 11) is 0. The fraction of sp³-hybridized carbons (Fsp3) is 0.778. The van der Waals surface area contributed by atoms with Crippen molar-refractivity contribution in [2.24, 2.45) is 11.8 Å². The SMILES string of the molecule is C[C@H](NC(=O)[C@@H](O)C1CCC1)C(=O)NN. The molecule has 2 atom stereocenters.